The number of rotatable bonds is 8. The normalized spacial score (nSPS) is 18.0. The van der Waals surface area contributed by atoms with Crippen LogP contribution in [0.2, 0.25) is 0 Å². The van der Waals surface area contributed by atoms with Crippen LogP contribution < -0.4 is 14.8 Å². The number of likely N-dealkylation sites (N-methyl/N-ethyl adjacent to an activating group) is 1. The Morgan fingerprint density at radius 2 is 1.90 bits per heavy atom. The predicted octanol–water partition coefficient (Wildman–Crippen LogP) is 3.48. The van der Waals surface area contributed by atoms with Crippen LogP contribution >= 0.6 is 0 Å². The molecule has 0 saturated heterocycles. The molecule has 12 nitrogen and oxygen atoms in total. The zero-order valence-electron chi connectivity index (χ0n) is 23.6. The van der Waals surface area contributed by atoms with Gasteiger partial charge in [-0.15, -0.1) is 0 Å². The summed E-state index contributed by atoms with van der Waals surface area (Å²) >= 11 is 0. The van der Waals surface area contributed by atoms with Crippen LogP contribution in [0.15, 0.2) is 57.9 Å². The Hall–Kier alpha value is -4.10. The molecule has 0 unspecified atom stereocenters. The van der Waals surface area contributed by atoms with Gasteiger partial charge in [0.25, 0.3) is 15.9 Å². The molecule has 3 amide bonds. The number of aliphatic hydroxyl groups excluding tert-OH is 1. The second kappa shape index (κ2) is 12.2. The van der Waals surface area contributed by atoms with Gasteiger partial charge >= 0.3 is 6.03 Å². The van der Waals surface area contributed by atoms with Gasteiger partial charge in [0.05, 0.1) is 24.8 Å². The molecule has 2 aromatic carbocycles. The van der Waals surface area contributed by atoms with Crippen molar-refractivity contribution in [3.8, 4) is 5.75 Å². The van der Waals surface area contributed by atoms with Gasteiger partial charge in [0.1, 0.15) is 17.5 Å². The zero-order valence-corrected chi connectivity index (χ0v) is 24.4. The van der Waals surface area contributed by atoms with E-state index in [0.717, 1.165) is 0 Å². The highest BCUT2D eigenvalue weighted by molar-refractivity contribution is 7.92. The zero-order chi connectivity index (χ0) is 29.9. The lowest BCUT2D eigenvalue weighted by Crippen LogP contribution is -2.50. The molecule has 3 aromatic rings. The first-order valence-electron chi connectivity index (χ1n) is 13.2. The third kappa shape index (κ3) is 6.63. The number of urea groups is 1. The molecule has 3 N–H and O–H groups in total. The van der Waals surface area contributed by atoms with Crippen LogP contribution in [0.3, 0.4) is 0 Å². The van der Waals surface area contributed by atoms with Crippen molar-refractivity contribution >= 4 is 33.3 Å². The Morgan fingerprint density at radius 3 is 2.54 bits per heavy atom. The Bertz CT molecular complexity index is 1490. The molecule has 3 atom stereocenters. The predicted molar refractivity (Wildman–Crippen MR) is 152 cm³/mol. The van der Waals surface area contributed by atoms with Gasteiger partial charge in [-0.2, -0.15) is 0 Å². The summed E-state index contributed by atoms with van der Waals surface area (Å²) in [6, 6.07) is 12.7. The average Bonchev–Trinajstić information content (AvgIpc) is 3.29. The number of aryl methyl sites for hydroxylation is 2. The fraction of sp³-hybridized carbons (Fsp3) is 0.393. The molecule has 13 heteroatoms. The lowest BCUT2D eigenvalue weighted by atomic mass is 9.99. The summed E-state index contributed by atoms with van der Waals surface area (Å²) in [4.78, 5) is 29.5. The van der Waals surface area contributed by atoms with E-state index in [1.54, 1.807) is 26.1 Å². The van der Waals surface area contributed by atoms with Crippen molar-refractivity contribution in [2.24, 2.45) is 5.92 Å². The van der Waals surface area contributed by atoms with E-state index < -0.39 is 28.1 Å². The van der Waals surface area contributed by atoms with E-state index in [1.165, 1.54) is 41.8 Å². The molecule has 1 aliphatic heterocycles. The molecule has 41 heavy (non-hydrogen) atoms. The number of sulfonamides is 1. The van der Waals surface area contributed by atoms with Crippen molar-refractivity contribution in [2.45, 2.75) is 44.7 Å². The van der Waals surface area contributed by atoms with Gasteiger partial charge in [0, 0.05) is 30.9 Å². The lowest BCUT2D eigenvalue weighted by Gasteiger charge is -2.38. The first kappa shape index (κ1) is 29.9. The van der Waals surface area contributed by atoms with Crippen LogP contribution in [0.1, 0.15) is 35.7 Å². The molecule has 0 radical (unpaired) electrons. The maximum absolute atomic E-state index is 13.7. The van der Waals surface area contributed by atoms with E-state index in [2.05, 4.69) is 15.2 Å². The fourth-order valence-electron chi connectivity index (χ4n) is 4.66. The summed E-state index contributed by atoms with van der Waals surface area (Å²) in [6.45, 7) is 6.84. The molecule has 0 aliphatic carbocycles. The number of nitrogens with one attached hydrogen (secondary N) is 2. The highest BCUT2D eigenvalue weighted by Crippen LogP contribution is 2.32. The number of aliphatic hydroxyl groups is 1. The third-order valence-electron chi connectivity index (χ3n) is 6.98. The van der Waals surface area contributed by atoms with Gasteiger partial charge in [0.2, 0.25) is 0 Å². The molecule has 2 heterocycles. The molecule has 1 aliphatic rings. The minimum Gasteiger partial charge on any atom is -0.487 e. The highest BCUT2D eigenvalue weighted by Gasteiger charge is 2.34. The second-order valence-corrected chi connectivity index (χ2v) is 11.9. The largest absolute Gasteiger partial charge is 0.487 e. The van der Waals surface area contributed by atoms with Gasteiger partial charge < -0.3 is 29.5 Å². The van der Waals surface area contributed by atoms with Gasteiger partial charge in [-0.05, 0) is 51.1 Å². The molecule has 4 rings (SSSR count). The summed E-state index contributed by atoms with van der Waals surface area (Å²) in [7, 11) is -2.41. The average molecular weight is 586 g/mol. The minimum atomic E-state index is -4.06. The summed E-state index contributed by atoms with van der Waals surface area (Å²) in [6.07, 6.45) is -0.522. The quantitative estimate of drug-likeness (QED) is 0.363. The summed E-state index contributed by atoms with van der Waals surface area (Å²) < 4.78 is 40.0. The smallest absolute Gasteiger partial charge is 0.321 e. The van der Waals surface area contributed by atoms with E-state index in [-0.39, 0.29) is 65.0 Å². The first-order chi connectivity index (χ1) is 19.4. The molecule has 0 fully saturated rings. The van der Waals surface area contributed by atoms with Crippen LogP contribution in [-0.2, 0) is 10.0 Å². The number of ether oxygens (including phenoxy) is 1. The topological polar surface area (TPSA) is 154 Å². The number of nitrogens with zero attached hydrogens (tertiary/aromatic N) is 3. The molecule has 220 valence electrons. The van der Waals surface area contributed by atoms with E-state index in [4.69, 9.17) is 9.26 Å². The molecule has 0 bridgehead atoms. The highest BCUT2D eigenvalue weighted by atomic mass is 32.2. The van der Waals surface area contributed by atoms with E-state index in [1.807, 2.05) is 25.1 Å². The maximum Gasteiger partial charge on any atom is 0.321 e. The van der Waals surface area contributed by atoms with E-state index >= 15 is 0 Å². The van der Waals surface area contributed by atoms with Crippen LogP contribution in [0.25, 0.3) is 0 Å². The number of carbonyl (C=O) groups excluding carboxylic acids is 2. The Kier molecular flexibility index (Phi) is 8.88. The summed E-state index contributed by atoms with van der Waals surface area (Å²) in [5, 5.41) is 16.5. The number of para-hydroxylation sites is 1. The Balaban J connectivity index is 1.63. The number of hydrogen-bond acceptors (Lipinski definition) is 8. The molecule has 1 aromatic heterocycles. The SMILES string of the molecule is Cc1noc(C)c1S(=O)(=O)Nc1ccc2c(c1)C(=O)N([C@@H](C)CO)C[C@@H](C)[C@@H](CN(C)C(=O)Nc1ccccc1)O2. The van der Waals surface area contributed by atoms with Crippen molar-refractivity contribution in [3.05, 3.63) is 65.5 Å². The van der Waals surface area contributed by atoms with Crippen LogP contribution in [0, 0.1) is 19.8 Å². The van der Waals surface area contributed by atoms with Crippen LogP contribution in [-0.4, -0.2) is 79.3 Å². The number of benzene rings is 2. The van der Waals surface area contributed by atoms with Crippen molar-refractivity contribution in [2.75, 3.05) is 36.8 Å². The van der Waals surface area contributed by atoms with E-state index in [0.29, 0.717) is 5.69 Å². The number of hydrogen-bond donors (Lipinski definition) is 3. The van der Waals surface area contributed by atoms with Gasteiger partial charge in [-0.1, -0.05) is 30.3 Å². The number of fused-ring (bicyclic) bond motifs is 1. The molecule has 0 spiro atoms. The summed E-state index contributed by atoms with van der Waals surface area (Å²) in [5.41, 5.74) is 1.13. The van der Waals surface area contributed by atoms with Crippen molar-refractivity contribution < 1.29 is 32.4 Å². The molecular weight excluding hydrogens is 550 g/mol. The van der Waals surface area contributed by atoms with Crippen molar-refractivity contribution in [1.29, 1.82) is 0 Å². The summed E-state index contributed by atoms with van der Waals surface area (Å²) in [5.74, 6) is -0.258. The molecule has 0 saturated carbocycles. The second-order valence-electron chi connectivity index (χ2n) is 10.3. The first-order valence-corrected chi connectivity index (χ1v) is 14.6. The maximum atomic E-state index is 13.7. The lowest BCUT2D eigenvalue weighted by molar-refractivity contribution is 0.0371. The van der Waals surface area contributed by atoms with Gasteiger partial charge in [0.15, 0.2) is 10.7 Å². The van der Waals surface area contributed by atoms with Crippen LogP contribution in [0.5, 0.6) is 5.75 Å². The van der Waals surface area contributed by atoms with Crippen LogP contribution in [0.4, 0.5) is 16.2 Å². The fourth-order valence-corrected chi connectivity index (χ4v) is 6.04. The number of anilines is 2. The number of amides is 3. The number of carbonyl (C=O) groups is 2. The number of aromatic nitrogens is 1. The van der Waals surface area contributed by atoms with Crippen molar-refractivity contribution in [3.63, 3.8) is 0 Å². The minimum absolute atomic E-state index is 0.0759. The standard InChI is InChI=1S/C28H35N5O7S/c1-17-14-33(18(2)16-34)27(35)23-13-22(31-41(37,38)26-19(3)30-40-20(26)4)11-12-24(23)39-25(17)15-32(5)28(36)29-21-9-7-6-8-10-21/h6-13,17-18,25,31,34H,14-16H2,1-5H3,(H,29,36)/t17-,18+,25-/m1/s1. The third-order valence-corrected chi connectivity index (χ3v) is 8.60. The monoisotopic (exact) mass is 585 g/mol. The van der Waals surface area contributed by atoms with E-state index in [9.17, 15) is 23.1 Å². The van der Waals surface area contributed by atoms with Gasteiger partial charge in [-0.3, -0.25) is 9.52 Å². The van der Waals surface area contributed by atoms with Crippen molar-refractivity contribution in [1.82, 2.24) is 15.0 Å². The Morgan fingerprint density at radius 1 is 1.20 bits per heavy atom. The Labute approximate surface area is 239 Å². The molecular formula is C28H35N5O7S. The van der Waals surface area contributed by atoms with Gasteiger partial charge in [-0.25, -0.2) is 13.2 Å².